The molecule has 78 valence electrons. The molecule has 1 rings (SSSR count). The van der Waals surface area contributed by atoms with Crippen LogP contribution in [0.15, 0.2) is 34.2 Å². The zero-order valence-electron chi connectivity index (χ0n) is 9.31. The van der Waals surface area contributed by atoms with Gasteiger partial charge in [0.1, 0.15) is 0 Å². The molecule has 0 fully saturated rings. The Bertz CT molecular complexity index is 221. The van der Waals surface area contributed by atoms with E-state index in [4.69, 9.17) is 0 Å². The second-order valence-electron chi connectivity index (χ2n) is 4.14. The third-order valence-corrected chi connectivity index (χ3v) is 7.05. The topological polar surface area (TPSA) is 0 Å². The summed E-state index contributed by atoms with van der Waals surface area (Å²) in [6.07, 6.45) is 9.86. The monoisotopic (exact) mass is 422 g/mol. The molecule has 0 radical (unpaired) electrons. The number of alkyl halides is 1. The number of allylic oxidation sites excluding steroid dienone is 5. The van der Waals surface area contributed by atoms with E-state index >= 15 is 0 Å². The first kappa shape index (κ1) is 14.6. The van der Waals surface area contributed by atoms with Crippen LogP contribution in [0.1, 0.15) is 27.2 Å². The molecule has 0 amide bonds. The van der Waals surface area contributed by atoms with Crippen LogP contribution in [0, 0.1) is 0 Å². The Morgan fingerprint density at radius 3 is 2.43 bits per heavy atom. The van der Waals surface area contributed by atoms with Crippen LogP contribution in [0.4, 0.5) is 0 Å². The van der Waals surface area contributed by atoms with Crippen LogP contribution in [0.25, 0.3) is 0 Å². The number of rotatable bonds is 2. The van der Waals surface area contributed by atoms with Gasteiger partial charge in [-0.25, -0.2) is 0 Å². The Morgan fingerprint density at radius 1 is 1.57 bits per heavy atom. The average molecular weight is 422 g/mol. The van der Waals surface area contributed by atoms with E-state index in [9.17, 15) is 0 Å². The summed E-state index contributed by atoms with van der Waals surface area (Å²) in [5, 5.41) is 0.896. The molecule has 0 aliphatic heterocycles. The molecule has 14 heavy (non-hydrogen) atoms. The van der Waals surface area contributed by atoms with E-state index in [0.717, 1.165) is 5.33 Å². The van der Waals surface area contributed by atoms with Gasteiger partial charge in [0.25, 0.3) is 0 Å². The molecule has 0 aromatic heterocycles. The van der Waals surface area contributed by atoms with E-state index in [1.165, 1.54) is 6.42 Å². The van der Waals surface area contributed by atoms with Crippen molar-refractivity contribution >= 4 is 15.9 Å². The molecular formula is C12H19BrHf. The van der Waals surface area contributed by atoms with Gasteiger partial charge in [-0.05, 0) is 0 Å². The summed E-state index contributed by atoms with van der Waals surface area (Å²) in [4.78, 5) is 0. The summed E-state index contributed by atoms with van der Waals surface area (Å²) >= 11 is 2.67. The molecule has 0 bridgehead atoms. The molecule has 2 heteroatoms. The van der Waals surface area contributed by atoms with Crippen molar-refractivity contribution < 1.29 is 22.9 Å². The van der Waals surface area contributed by atoms with E-state index in [1.54, 1.807) is 9.41 Å². The first-order valence-corrected chi connectivity index (χ1v) is 9.52. The molecule has 0 atom stereocenters. The van der Waals surface area contributed by atoms with Crippen molar-refractivity contribution in [3.8, 4) is 0 Å². The Kier molecular flexibility index (Phi) is 8.13. The van der Waals surface area contributed by atoms with Gasteiger partial charge in [0.05, 0.1) is 0 Å². The van der Waals surface area contributed by atoms with Gasteiger partial charge >= 0.3 is 74.8 Å². The second kappa shape index (κ2) is 7.81. The summed E-state index contributed by atoms with van der Waals surface area (Å²) in [6.45, 7) is 10.5. The molecule has 0 saturated heterocycles. The molecular weight excluding hydrogens is 403 g/mol. The zero-order chi connectivity index (χ0) is 11.0. The molecule has 0 unspecified atom stereocenters. The van der Waals surface area contributed by atoms with Crippen LogP contribution in [-0.2, 0) is 22.9 Å². The quantitative estimate of drug-likeness (QED) is 0.344. The third kappa shape index (κ3) is 9.14. The minimum atomic E-state index is -0.460. The summed E-state index contributed by atoms with van der Waals surface area (Å²) in [5.41, 5.74) is 0. The van der Waals surface area contributed by atoms with Gasteiger partial charge in [-0.2, -0.15) is 0 Å². The molecule has 0 nitrogen and oxygen atoms in total. The fraction of sp³-hybridized carbons (Fsp3) is 0.500. The minimum absolute atomic E-state index is 0.460. The van der Waals surface area contributed by atoms with Gasteiger partial charge in [-0.3, -0.25) is 0 Å². The molecule has 0 aromatic rings. The summed E-state index contributed by atoms with van der Waals surface area (Å²) in [5.74, 6) is 0. The van der Waals surface area contributed by atoms with Crippen LogP contribution in [0.2, 0.25) is 3.17 Å². The van der Waals surface area contributed by atoms with Gasteiger partial charge in [0, 0.05) is 5.33 Å². The Labute approximate surface area is 108 Å². The maximum atomic E-state index is 3.43. The van der Waals surface area contributed by atoms with Gasteiger partial charge in [0.15, 0.2) is 0 Å². The van der Waals surface area contributed by atoms with Crippen molar-refractivity contribution in [1.29, 1.82) is 0 Å². The van der Waals surface area contributed by atoms with Crippen LogP contribution < -0.4 is 0 Å². The van der Waals surface area contributed by atoms with Crippen molar-refractivity contribution in [1.82, 2.24) is 0 Å². The normalized spacial score (nSPS) is 14.1. The van der Waals surface area contributed by atoms with Crippen LogP contribution in [0.3, 0.4) is 0 Å². The molecule has 1 aliphatic carbocycles. The standard InChI is InChI=1S/C5H5.C4H9.C3H5Br.Hf/c1-2-4-5-3-1;1-4(2)3;1-2-3-4;/h1-3H,4H2;1-3H3;2H,1,3H2;. The average Bonchev–Trinajstić information content (AvgIpc) is 2.54. The fourth-order valence-corrected chi connectivity index (χ4v) is 5.92. The number of hydrogen-bond donors (Lipinski definition) is 0. The molecule has 0 saturated carbocycles. The van der Waals surface area contributed by atoms with E-state index in [1.807, 2.05) is 0 Å². The summed E-state index contributed by atoms with van der Waals surface area (Å²) in [6, 6.07) is 0. The molecule has 0 aromatic carbocycles. The second-order valence-corrected chi connectivity index (χ2v) is 13.4. The van der Waals surface area contributed by atoms with Crippen LogP contribution in [0.5, 0.6) is 0 Å². The summed E-state index contributed by atoms with van der Waals surface area (Å²) in [7, 11) is 0. The predicted molar refractivity (Wildman–Crippen MR) is 65.5 cm³/mol. The maximum absolute atomic E-state index is 3.43. The third-order valence-electron chi connectivity index (χ3n) is 1.42. The molecule has 0 spiro atoms. The molecule has 0 N–H and O–H groups in total. The van der Waals surface area contributed by atoms with Crippen molar-refractivity contribution in [2.45, 2.75) is 30.4 Å². The van der Waals surface area contributed by atoms with Crippen molar-refractivity contribution in [3.63, 3.8) is 0 Å². The van der Waals surface area contributed by atoms with Gasteiger partial charge in [-0.15, -0.1) is 6.58 Å². The predicted octanol–water partition coefficient (Wildman–Crippen LogP) is 4.70. The Balaban J connectivity index is 0.000000364. The van der Waals surface area contributed by atoms with Crippen LogP contribution >= 0.6 is 15.9 Å². The van der Waals surface area contributed by atoms with Crippen LogP contribution in [-0.4, -0.2) is 5.33 Å². The SMILES string of the molecule is C=CCBr.C[C](C)(C)[Hf][C]1=CC=CC1. The van der Waals surface area contributed by atoms with E-state index in [-0.39, 0.29) is 0 Å². The summed E-state index contributed by atoms with van der Waals surface area (Å²) < 4.78 is 2.42. The molecule has 0 heterocycles. The number of halogens is 1. The fourth-order valence-electron chi connectivity index (χ4n) is 1.02. The van der Waals surface area contributed by atoms with Gasteiger partial charge in [0.2, 0.25) is 0 Å². The zero-order valence-corrected chi connectivity index (χ0v) is 14.5. The van der Waals surface area contributed by atoms with Crippen molar-refractivity contribution in [3.05, 3.63) is 34.2 Å². The van der Waals surface area contributed by atoms with Crippen molar-refractivity contribution in [2.24, 2.45) is 0 Å². The first-order valence-electron chi connectivity index (χ1n) is 4.80. The first-order chi connectivity index (χ1) is 6.49. The number of hydrogen-bond acceptors (Lipinski definition) is 0. The Morgan fingerprint density at radius 2 is 2.14 bits per heavy atom. The van der Waals surface area contributed by atoms with E-state index in [0.29, 0.717) is 3.17 Å². The van der Waals surface area contributed by atoms with Gasteiger partial charge < -0.3 is 0 Å². The van der Waals surface area contributed by atoms with E-state index in [2.05, 4.69) is 61.5 Å². The molecule has 1 aliphatic rings. The van der Waals surface area contributed by atoms with Gasteiger partial charge in [-0.1, -0.05) is 22.0 Å². The van der Waals surface area contributed by atoms with Crippen molar-refractivity contribution in [2.75, 3.05) is 5.33 Å². The Hall–Kier alpha value is 0.570. The van der Waals surface area contributed by atoms with E-state index < -0.39 is 22.9 Å².